The molecule has 0 aliphatic heterocycles. The highest BCUT2D eigenvalue weighted by Crippen LogP contribution is 2.33. The van der Waals surface area contributed by atoms with Gasteiger partial charge in [-0.25, -0.2) is 13.6 Å². The van der Waals surface area contributed by atoms with Crippen molar-refractivity contribution in [2.45, 2.75) is 25.3 Å². The molecule has 0 bridgehead atoms. The van der Waals surface area contributed by atoms with E-state index in [2.05, 4.69) is 11.9 Å². The van der Waals surface area contributed by atoms with Crippen LogP contribution in [0.4, 0.5) is 8.78 Å². The molecule has 1 unspecified atom stereocenters. The predicted octanol–water partition coefficient (Wildman–Crippen LogP) is 2.27. The minimum absolute atomic E-state index is 0.0741. The lowest BCUT2D eigenvalue weighted by Gasteiger charge is -2.17. The molecule has 1 amide bonds. The van der Waals surface area contributed by atoms with E-state index < -0.39 is 30.8 Å². The van der Waals surface area contributed by atoms with Crippen LogP contribution in [0.15, 0.2) is 24.8 Å². The summed E-state index contributed by atoms with van der Waals surface area (Å²) < 4.78 is 35.2. The Morgan fingerprint density at radius 3 is 2.46 bits per heavy atom. The zero-order valence-electron chi connectivity index (χ0n) is 13.3. The number of alkyl halides is 2. The van der Waals surface area contributed by atoms with Gasteiger partial charge in [-0.05, 0) is 18.6 Å². The zero-order chi connectivity index (χ0) is 18.3. The average molecular weight is 343 g/mol. The van der Waals surface area contributed by atoms with Crippen LogP contribution >= 0.6 is 0 Å². The lowest BCUT2D eigenvalue weighted by Crippen LogP contribution is -2.42. The summed E-state index contributed by atoms with van der Waals surface area (Å²) in [4.78, 5) is 23.2. The summed E-state index contributed by atoms with van der Waals surface area (Å²) in [7, 11) is 2.82. The lowest BCUT2D eigenvalue weighted by atomic mass is 10.0. The number of amides is 1. The molecule has 0 saturated heterocycles. The number of halogens is 2. The number of rotatable bonds is 9. The Balaban J connectivity index is 3.15. The number of methoxy groups -OCH3 is 2. The largest absolute Gasteiger partial charge is 0.493 e. The van der Waals surface area contributed by atoms with E-state index in [-0.39, 0.29) is 11.3 Å². The summed E-state index contributed by atoms with van der Waals surface area (Å²) in [6.45, 7) is 3.61. The predicted molar refractivity (Wildman–Crippen MR) is 83.0 cm³/mol. The van der Waals surface area contributed by atoms with Crippen molar-refractivity contribution in [3.8, 4) is 11.5 Å². The van der Waals surface area contributed by atoms with Gasteiger partial charge in [-0.2, -0.15) is 0 Å². The van der Waals surface area contributed by atoms with Gasteiger partial charge in [-0.3, -0.25) is 4.79 Å². The van der Waals surface area contributed by atoms with Gasteiger partial charge in [0, 0.05) is 17.5 Å². The van der Waals surface area contributed by atoms with Crippen molar-refractivity contribution in [2.75, 3.05) is 14.2 Å². The third-order valence-corrected chi connectivity index (χ3v) is 3.20. The molecule has 8 heteroatoms. The van der Waals surface area contributed by atoms with Gasteiger partial charge in [0.2, 0.25) is 6.43 Å². The molecule has 1 rings (SSSR count). The number of hydrogen-bond acceptors (Lipinski definition) is 4. The molecule has 2 N–H and O–H groups in total. The topological polar surface area (TPSA) is 84.9 Å². The Labute approximate surface area is 138 Å². The first-order valence-corrected chi connectivity index (χ1v) is 7.01. The second-order valence-corrected chi connectivity index (χ2v) is 4.85. The third-order valence-electron chi connectivity index (χ3n) is 3.20. The Bertz CT molecular complexity index is 619. The van der Waals surface area contributed by atoms with E-state index in [1.54, 1.807) is 6.08 Å². The molecule has 1 aromatic rings. The van der Waals surface area contributed by atoms with Gasteiger partial charge in [0.1, 0.15) is 6.04 Å². The van der Waals surface area contributed by atoms with E-state index in [0.717, 1.165) is 0 Å². The maximum Gasteiger partial charge on any atom is 0.326 e. The van der Waals surface area contributed by atoms with E-state index in [4.69, 9.17) is 14.6 Å². The molecule has 1 atom stereocenters. The van der Waals surface area contributed by atoms with E-state index >= 15 is 0 Å². The van der Waals surface area contributed by atoms with Gasteiger partial charge < -0.3 is 19.9 Å². The van der Waals surface area contributed by atoms with E-state index in [0.29, 0.717) is 17.7 Å². The fourth-order valence-corrected chi connectivity index (χ4v) is 2.12. The normalized spacial score (nSPS) is 11.7. The maximum absolute atomic E-state index is 12.4. The smallest absolute Gasteiger partial charge is 0.326 e. The molecule has 0 saturated carbocycles. The highest BCUT2D eigenvalue weighted by Gasteiger charge is 2.25. The lowest BCUT2D eigenvalue weighted by molar-refractivity contribution is -0.140. The molecule has 0 heterocycles. The number of ether oxygens (including phenoxy) is 2. The Morgan fingerprint density at radius 2 is 2.00 bits per heavy atom. The highest BCUT2D eigenvalue weighted by atomic mass is 19.3. The van der Waals surface area contributed by atoms with Crippen molar-refractivity contribution in [1.29, 1.82) is 0 Å². The van der Waals surface area contributed by atoms with E-state index in [1.165, 1.54) is 26.4 Å². The summed E-state index contributed by atoms with van der Waals surface area (Å²) in [6.07, 6.45) is -1.86. The Hall–Kier alpha value is -2.64. The molecule has 6 nitrogen and oxygen atoms in total. The van der Waals surface area contributed by atoms with E-state index in [9.17, 15) is 18.4 Å². The molecule has 0 aliphatic rings. The van der Waals surface area contributed by atoms with Crippen molar-refractivity contribution < 1.29 is 33.0 Å². The van der Waals surface area contributed by atoms with Crippen LogP contribution in [0, 0.1) is 0 Å². The number of carbonyl (C=O) groups excluding carboxylic acids is 1. The number of hydrogen-bond donors (Lipinski definition) is 2. The van der Waals surface area contributed by atoms with Crippen LogP contribution in [-0.4, -0.2) is 43.7 Å². The number of nitrogens with one attached hydrogen (secondary N) is 1. The molecule has 1 aromatic carbocycles. The van der Waals surface area contributed by atoms with Crippen LogP contribution in [0.5, 0.6) is 11.5 Å². The van der Waals surface area contributed by atoms with Gasteiger partial charge >= 0.3 is 5.97 Å². The molecule has 0 radical (unpaired) electrons. The third kappa shape index (κ3) is 4.94. The quantitative estimate of drug-likeness (QED) is 0.672. The Morgan fingerprint density at radius 1 is 1.33 bits per heavy atom. The van der Waals surface area contributed by atoms with Crippen LogP contribution in [0.1, 0.15) is 22.3 Å². The summed E-state index contributed by atoms with van der Waals surface area (Å²) in [5, 5.41) is 11.0. The van der Waals surface area contributed by atoms with Gasteiger partial charge in [0.05, 0.1) is 14.2 Å². The number of carbonyl (C=O) groups is 2. The molecule has 24 heavy (non-hydrogen) atoms. The summed E-state index contributed by atoms with van der Waals surface area (Å²) in [5.41, 5.74) is 0.669. The number of aliphatic carboxylic acids is 1. The van der Waals surface area contributed by atoms with Crippen molar-refractivity contribution in [3.63, 3.8) is 0 Å². The molecular weight excluding hydrogens is 324 g/mol. The van der Waals surface area contributed by atoms with Gasteiger partial charge in [-0.1, -0.05) is 6.08 Å². The minimum atomic E-state index is -2.85. The SMILES string of the molecule is C=CCc1cc(C(=O)NC(CC(F)F)C(=O)O)cc(OC)c1OC. The summed E-state index contributed by atoms with van der Waals surface area (Å²) in [5.74, 6) is -1.65. The number of carboxylic acid groups (broad SMARTS) is 1. The van der Waals surface area contributed by atoms with Crippen molar-refractivity contribution >= 4 is 11.9 Å². The first-order chi connectivity index (χ1) is 11.3. The fraction of sp³-hybridized carbons (Fsp3) is 0.375. The zero-order valence-corrected chi connectivity index (χ0v) is 13.3. The minimum Gasteiger partial charge on any atom is -0.493 e. The average Bonchev–Trinajstić information content (AvgIpc) is 2.53. The maximum atomic E-state index is 12.4. The molecule has 0 aromatic heterocycles. The molecule has 132 valence electrons. The summed E-state index contributed by atoms with van der Waals surface area (Å²) in [6, 6.07) is 1.13. The summed E-state index contributed by atoms with van der Waals surface area (Å²) >= 11 is 0. The van der Waals surface area contributed by atoms with Crippen LogP contribution in [-0.2, 0) is 11.2 Å². The van der Waals surface area contributed by atoms with Crippen molar-refractivity contribution in [3.05, 3.63) is 35.9 Å². The second kappa shape index (κ2) is 8.85. The highest BCUT2D eigenvalue weighted by molar-refractivity contribution is 5.97. The van der Waals surface area contributed by atoms with Gasteiger partial charge in [0.25, 0.3) is 5.91 Å². The molecular formula is C16H19F2NO5. The molecule has 0 spiro atoms. The van der Waals surface area contributed by atoms with Gasteiger partial charge in [0.15, 0.2) is 11.5 Å². The number of allylic oxidation sites excluding steroid dienone is 1. The first-order valence-electron chi connectivity index (χ1n) is 7.01. The standard InChI is InChI=1S/C16H19F2NO5/c1-4-5-9-6-10(7-12(23-2)14(9)24-3)15(20)19-11(16(21)22)8-13(17)18/h4,6-7,11,13H,1,5,8H2,2-3H3,(H,19,20)(H,21,22). The number of carboxylic acids is 1. The van der Waals surface area contributed by atoms with Crippen LogP contribution in [0.3, 0.4) is 0 Å². The van der Waals surface area contributed by atoms with Gasteiger partial charge in [-0.15, -0.1) is 6.58 Å². The van der Waals surface area contributed by atoms with Crippen molar-refractivity contribution in [1.82, 2.24) is 5.32 Å². The number of benzene rings is 1. The molecule has 0 fully saturated rings. The van der Waals surface area contributed by atoms with E-state index in [1.807, 2.05) is 0 Å². The second-order valence-electron chi connectivity index (χ2n) is 4.85. The van der Waals surface area contributed by atoms with Crippen LogP contribution < -0.4 is 14.8 Å². The van der Waals surface area contributed by atoms with Crippen LogP contribution in [0.25, 0.3) is 0 Å². The van der Waals surface area contributed by atoms with Crippen LogP contribution in [0.2, 0.25) is 0 Å². The Kier molecular flexibility index (Phi) is 7.16. The first kappa shape index (κ1) is 19.4. The fourth-order valence-electron chi connectivity index (χ4n) is 2.12. The monoisotopic (exact) mass is 343 g/mol. The molecule has 0 aliphatic carbocycles. The van der Waals surface area contributed by atoms with Crippen molar-refractivity contribution in [2.24, 2.45) is 0 Å².